The zero-order valence-electron chi connectivity index (χ0n) is 18.5. The highest BCUT2D eigenvalue weighted by molar-refractivity contribution is 5.99. The van der Waals surface area contributed by atoms with E-state index in [1.54, 1.807) is 34.7 Å². The Kier molecular flexibility index (Phi) is 7.72. The molecule has 31 heavy (non-hydrogen) atoms. The van der Waals surface area contributed by atoms with E-state index >= 15 is 0 Å². The molecule has 3 amide bonds. The second-order valence-electron chi connectivity index (χ2n) is 8.91. The molecular weight excluding hydrogens is 408 g/mol. The van der Waals surface area contributed by atoms with Crippen molar-refractivity contribution >= 4 is 23.4 Å². The quantitative estimate of drug-likeness (QED) is 0.527. The van der Waals surface area contributed by atoms with E-state index in [1.807, 2.05) is 0 Å². The predicted octanol–water partition coefficient (Wildman–Crippen LogP) is 0.970. The molecule has 4 atom stereocenters. The molecular formula is C21H31F2N5O3. The van der Waals surface area contributed by atoms with Crippen molar-refractivity contribution in [1.82, 2.24) is 15.5 Å². The molecule has 0 radical (unpaired) electrons. The molecule has 10 heteroatoms. The first kappa shape index (κ1) is 24.7. The summed E-state index contributed by atoms with van der Waals surface area (Å²) >= 11 is 0. The second-order valence-corrected chi connectivity index (χ2v) is 8.91. The molecule has 2 rings (SSSR count). The first-order valence-corrected chi connectivity index (χ1v) is 10.1. The first-order valence-electron chi connectivity index (χ1n) is 10.1. The van der Waals surface area contributed by atoms with E-state index in [2.05, 4.69) is 16.0 Å². The number of carbonyl (C=O) groups excluding carboxylic acids is 3. The molecule has 1 heterocycles. The molecule has 1 aliphatic heterocycles. The summed E-state index contributed by atoms with van der Waals surface area (Å²) in [6, 6.07) is 0.266. The molecule has 8 nitrogen and oxygen atoms in total. The lowest BCUT2D eigenvalue weighted by atomic mass is 9.85. The summed E-state index contributed by atoms with van der Waals surface area (Å²) in [6.07, 6.45) is 0.130. The maximum Gasteiger partial charge on any atom is 0.247 e. The molecule has 0 aromatic heterocycles. The van der Waals surface area contributed by atoms with Gasteiger partial charge in [-0.1, -0.05) is 26.8 Å². The van der Waals surface area contributed by atoms with Crippen LogP contribution in [0, 0.1) is 17.0 Å². The SMILES string of the molecule is CN[C@@H](C)C(=O)N[C@H](C(=O)N1C[C@@H](N)C[C@H]1C(=O)Nc1c(F)cccc1F)C(C)(C)C. The number of likely N-dealkylation sites (N-methyl/N-ethyl adjacent to an activating group) is 1. The van der Waals surface area contributed by atoms with Gasteiger partial charge in [0.15, 0.2) is 0 Å². The number of nitrogens with two attached hydrogens (primary N) is 1. The largest absolute Gasteiger partial charge is 0.342 e. The van der Waals surface area contributed by atoms with Crippen LogP contribution in [0.1, 0.15) is 34.1 Å². The molecule has 1 saturated heterocycles. The van der Waals surface area contributed by atoms with Crippen molar-refractivity contribution in [2.75, 3.05) is 18.9 Å². The van der Waals surface area contributed by atoms with Crippen LogP contribution in [-0.4, -0.2) is 60.4 Å². The monoisotopic (exact) mass is 439 g/mol. The normalized spacial score (nSPS) is 20.8. The summed E-state index contributed by atoms with van der Waals surface area (Å²) in [6.45, 7) is 7.12. The van der Waals surface area contributed by atoms with Crippen LogP contribution in [0.25, 0.3) is 0 Å². The number of rotatable bonds is 6. The molecule has 0 saturated carbocycles. The smallest absolute Gasteiger partial charge is 0.247 e. The molecule has 5 N–H and O–H groups in total. The van der Waals surface area contributed by atoms with E-state index in [-0.39, 0.29) is 18.9 Å². The topological polar surface area (TPSA) is 117 Å². The van der Waals surface area contributed by atoms with Gasteiger partial charge in [0.2, 0.25) is 17.7 Å². The average Bonchev–Trinajstić information content (AvgIpc) is 3.08. The van der Waals surface area contributed by atoms with Gasteiger partial charge in [0, 0.05) is 12.6 Å². The summed E-state index contributed by atoms with van der Waals surface area (Å²) in [4.78, 5) is 39.9. The Balaban J connectivity index is 2.27. The Morgan fingerprint density at radius 1 is 1.19 bits per heavy atom. The minimum atomic E-state index is -1.02. The summed E-state index contributed by atoms with van der Waals surface area (Å²) in [5.41, 5.74) is 4.76. The van der Waals surface area contributed by atoms with Crippen molar-refractivity contribution in [2.24, 2.45) is 11.1 Å². The van der Waals surface area contributed by atoms with Gasteiger partial charge < -0.3 is 26.6 Å². The second kappa shape index (κ2) is 9.69. The lowest BCUT2D eigenvalue weighted by Gasteiger charge is -2.36. The van der Waals surface area contributed by atoms with Crippen LogP contribution >= 0.6 is 0 Å². The van der Waals surface area contributed by atoms with Gasteiger partial charge in [-0.2, -0.15) is 0 Å². The van der Waals surface area contributed by atoms with Crippen LogP contribution in [0.5, 0.6) is 0 Å². The number of likely N-dealkylation sites (tertiary alicyclic amines) is 1. The fourth-order valence-electron chi connectivity index (χ4n) is 3.40. The van der Waals surface area contributed by atoms with Crippen molar-refractivity contribution in [3.63, 3.8) is 0 Å². The van der Waals surface area contributed by atoms with Crippen molar-refractivity contribution < 1.29 is 23.2 Å². The molecule has 0 aliphatic carbocycles. The number of nitrogens with zero attached hydrogens (tertiary/aromatic N) is 1. The third-order valence-corrected chi connectivity index (χ3v) is 5.36. The van der Waals surface area contributed by atoms with E-state index in [0.29, 0.717) is 0 Å². The zero-order chi connectivity index (χ0) is 23.5. The fraction of sp³-hybridized carbons (Fsp3) is 0.571. The summed E-state index contributed by atoms with van der Waals surface area (Å²) in [5, 5.41) is 7.79. The fourth-order valence-corrected chi connectivity index (χ4v) is 3.40. The number of benzene rings is 1. The lowest BCUT2D eigenvalue weighted by Crippen LogP contribution is -2.59. The highest BCUT2D eigenvalue weighted by Crippen LogP contribution is 2.27. The van der Waals surface area contributed by atoms with E-state index in [1.165, 1.54) is 11.0 Å². The average molecular weight is 440 g/mol. The third kappa shape index (κ3) is 5.76. The maximum absolute atomic E-state index is 14.0. The van der Waals surface area contributed by atoms with Gasteiger partial charge >= 0.3 is 0 Å². The third-order valence-electron chi connectivity index (χ3n) is 5.36. The Hall–Kier alpha value is -2.59. The van der Waals surface area contributed by atoms with E-state index in [4.69, 9.17) is 5.73 Å². The Labute approximate surface area is 180 Å². The summed E-state index contributed by atoms with van der Waals surface area (Å²) in [5.74, 6) is -3.43. The molecule has 0 bridgehead atoms. The van der Waals surface area contributed by atoms with Gasteiger partial charge in [0.05, 0.1) is 6.04 Å². The van der Waals surface area contributed by atoms with E-state index < -0.39 is 58.7 Å². The maximum atomic E-state index is 14.0. The molecule has 1 aromatic carbocycles. The minimum absolute atomic E-state index is 0.0840. The van der Waals surface area contributed by atoms with Crippen LogP contribution in [0.15, 0.2) is 18.2 Å². The predicted molar refractivity (Wildman–Crippen MR) is 113 cm³/mol. The number of halogens is 2. The Morgan fingerprint density at radius 3 is 2.29 bits per heavy atom. The van der Waals surface area contributed by atoms with Crippen molar-refractivity contribution in [3.05, 3.63) is 29.8 Å². The zero-order valence-corrected chi connectivity index (χ0v) is 18.5. The van der Waals surface area contributed by atoms with E-state index in [9.17, 15) is 23.2 Å². The van der Waals surface area contributed by atoms with Gasteiger partial charge in [-0.05, 0) is 37.9 Å². The number of nitrogens with one attached hydrogen (secondary N) is 3. The number of hydrogen-bond acceptors (Lipinski definition) is 5. The number of para-hydroxylation sites is 1. The highest BCUT2D eigenvalue weighted by Gasteiger charge is 2.44. The number of anilines is 1. The van der Waals surface area contributed by atoms with Gasteiger partial charge in [-0.25, -0.2) is 8.78 Å². The van der Waals surface area contributed by atoms with Gasteiger partial charge in [0.1, 0.15) is 29.4 Å². The Bertz CT molecular complexity index is 823. The molecule has 0 spiro atoms. The summed E-state index contributed by atoms with van der Waals surface area (Å²) < 4.78 is 27.9. The van der Waals surface area contributed by atoms with Crippen molar-refractivity contribution in [1.29, 1.82) is 0 Å². The van der Waals surface area contributed by atoms with Crippen LogP contribution in [-0.2, 0) is 14.4 Å². The van der Waals surface area contributed by atoms with Gasteiger partial charge in [-0.3, -0.25) is 14.4 Å². The molecule has 0 unspecified atom stereocenters. The number of hydrogen-bond donors (Lipinski definition) is 4. The molecule has 1 aliphatic rings. The van der Waals surface area contributed by atoms with Crippen molar-refractivity contribution in [3.8, 4) is 0 Å². The lowest BCUT2D eigenvalue weighted by molar-refractivity contribution is -0.143. The van der Waals surface area contributed by atoms with Crippen LogP contribution < -0.4 is 21.7 Å². The Morgan fingerprint density at radius 2 is 1.77 bits per heavy atom. The molecule has 1 fully saturated rings. The van der Waals surface area contributed by atoms with Crippen LogP contribution in [0.4, 0.5) is 14.5 Å². The molecule has 172 valence electrons. The van der Waals surface area contributed by atoms with Crippen LogP contribution in [0.2, 0.25) is 0 Å². The van der Waals surface area contributed by atoms with Gasteiger partial charge in [-0.15, -0.1) is 0 Å². The standard InChI is InChI=1S/C21H31F2N5O3/c1-11(25-5)18(29)27-17(21(2,3)4)20(31)28-10-12(24)9-15(28)19(30)26-16-13(22)7-6-8-14(16)23/h6-8,11-12,15,17,25H,9-10,24H2,1-5H3,(H,26,30)(H,27,29)/t11-,12-,15-,17+/m0/s1. The van der Waals surface area contributed by atoms with Crippen LogP contribution in [0.3, 0.4) is 0 Å². The van der Waals surface area contributed by atoms with Crippen molar-refractivity contribution in [2.45, 2.75) is 58.3 Å². The summed E-state index contributed by atoms with van der Waals surface area (Å²) in [7, 11) is 1.62. The highest BCUT2D eigenvalue weighted by atomic mass is 19.1. The first-order chi connectivity index (χ1) is 14.4. The number of amides is 3. The molecule has 1 aromatic rings. The van der Waals surface area contributed by atoms with Gasteiger partial charge in [0.25, 0.3) is 0 Å². The van der Waals surface area contributed by atoms with E-state index in [0.717, 1.165) is 12.1 Å². The minimum Gasteiger partial charge on any atom is -0.342 e. The number of carbonyl (C=O) groups is 3.